The first-order valence-electron chi connectivity index (χ1n) is 6.39. The fourth-order valence-corrected chi connectivity index (χ4v) is 2.96. The molecular formula is C14H16N2O2. The topological polar surface area (TPSA) is 54.6 Å². The Kier molecular flexibility index (Phi) is 2.58. The quantitative estimate of drug-likeness (QED) is 0.883. The van der Waals surface area contributed by atoms with E-state index in [1.807, 2.05) is 25.1 Å². The molecule has 3 rings (SSSR count). The zero-order valence-corrected chi connectivity index (χ0v) is 10.4. The van der Waals surface area contributed by atoms with Gasteiger partial charge in [-0.1, -0.05) is 18.9 Å². The van der Waals surface area contributed by atoms with E-state index in [1.165, 1.54) is 12.8 Å². The molecule has 1 fully saturated rings. The Balaban J connectivity index is 2.27. The van der Waals surface area contributed by atoms with Crippen LogP contribution in [-0.2, 0) is 0 Å². The lowest BCUT2D eigenvalue weighted by Gasteiger charge is -2.07. The highest BCUT2D eigenvalue weighted by Crippen LogP contribution is 2.35. The van der Waals surface area contributed by atoms with Gasteiger partial charge >= 0.3 is 5.97 Å². The minimum absolute atomic E-state index is 0.315. The lowest BCUT2D eigenvalue weighted by molar-refractivity contribution is 0.0687. The Morgan fingerprint density at radius 1 is 1.39 bits per heavy atom. The number of aryl methyl sites for hydroxylation is 1. The predicted octanol–water partition coefficient (Wildman–Crippen LogP) is 3.00. The number of pyridine rings is 1. The van der Waals surface area contributed by atoms with E-state index in [-0.39, 0.29) is 0 Å². The first kappa shape index (κ1) is 11.3. The molecule has 4 nitrogen and oxygen atoms in total. The van der Waals surface area contributed by atoms with Crippen LogP contribution >= 0.6 is 0 Å². The van der Waals surface area contributed by atoms with Crippen LogP contribution in [0.2, 0.25) is 0 Å². The molecule has 0 atom stereocenters. The molecule has 1 N–H and O–H groups in total. The van der Waals surface area contributed by atoms with E-state index in [1.54, 1.807) is 4.40 Å². The van der Waals surface area contributed by atoms with Crippen LogP contribution in [-0.4, -0.2) is 20.5 Å². The van der Waals surface area contributed by atoms with E-state index in [9.17, 15) is 9.90 Å². The standard InChI is InChI=1S/C14H16N2O2/c1-9-5-4-8-11-15-12(10-6-2-3-7-10)13(14(17)18)16(9)11/h4-5,8,10H,2-3,6-7H2,1H3,(H,17,18). The molecule has 0 aromatic carbocycles. The van der Waals surface area contributed by atoms with Gasteiger partial charge < -0.3 is 5.11 Å². The molecule has 2 aromatic heterocycles. The van der Waals surface area contributed by atoms with E-state index in [0.29, 0.717) is 11.6 Å². The number of carboxylic acids is 1. The number of aromatic carboxylic acids is 1. The van der Waals surface area contributed by atoms with Crippen LogP contribution in [0.5, 0.6) is 0 Å². The summed E-state index contributed by atoms with van der Waals surface area (Å²) in [6.07, 6.45) is 4.47. The largest absolute Gasteiger partial charge is 0.477 e. The number of fused-ring (bicyclic) bond motifs is 1. The van der Waals surface area contributed by atoms with Crippen LogP contribution in [0.1, 0.15) is 53.5 Å². The highest BCUT2D eigenvalue weighted by Gasteiger charge is 2.27. The molecule has 2 aromatic rings. The summed E-state index contributed by atoms with van der Waals surface area (Å²) < 4.78 is 1.76. The van der Waals surface area contributed by atoms with Crippen molar-refractivity contribution in [2.45, 2.75) is 38.5 Å². The van der Waals surface area contributed by atoms with Crippen LogP contribution in [0.4, 0.5) is 0 Å². The van der Waals surface area contributed by atoms with Gasteiger partial charge in [0.15, 0.2) is 5.69 Å². The summed E-state index contributed by atoms with van der Waals surface area (Å²) in [5, 5.41) is 9.48. The Labute approximate surface area is 105 Å². The van der Waals surface area contributed by atoms with E-state index >= 15 is 0 Å². The Hall–Kier alpha value is -1.84. The van der Waals surface area contributed by atoms with E-state index in [2.05, 4.69) is 4.98 Å². The van der Waals surface area contributed by atoms with Gasteiger partial charge in [-0.2, -0.15) is 0 Å². The number of hydrogen-bond acceptors (Lipinski definition) is 2. The van der Waals surface area contributed by atoms with Crippen molar-refractivity contribution in [3.8, 4) is 0 Å². The van der Waals surface area contributed by atoms with E-state index in [0.717, 1.165) is 29.9 Å². The molecule has 0 spiro atoms. The average molecular weight is 244 g/mol. The minimum Gasteiger partial charge on any atom is -0.477 e. The molecule has 1 aliphatic rings. The Morgan fingerprint density at radius 3 is 2.78 bits per heavy atom. The van der Waals surface area contributed by atoms with Gasteiger partial charge in [0, 0.05) is 11.6 Å². The minimum atomic E-state index is -0.876. The number of hydrogen-bond donors (Lipinski definition) is 1. The van der Waals surface area contributed by atoms with E-state index in [4.69, 9.17) is 0 Å². The third kappa shape index (κ3) is 1.60. The van der Waals surface area contributed by atoms with Gasteiger partial charge in [-0.05, 0) is 31.9 Å². The van der Waals surface area contributed by atoms with Gasteiger partial charge in [0.1, 0.15) is 5.65 Å². The Bertz CT molecular complexity index is 610. The lowest BCUT2D eigenvalue weighted by atomic mass is 10.0. The zero-order chi connectivity index (χ0) is 12.7. The molecular weight excluding hydrogens is 228 g/mol. The van der Waals surface area contributed by atoms with Crippen LogP contribution < -0.4 is 0 Å². The average Bonchev–Trinajstić information content (AvgIpc) is 2.95. The monoisotopic (exact) mass is 244 g/mol. The van der Waals surface area contributed by atoms with Gasteiger partial charge in [0.25, 0.3) is 0 Å². The molecule has 18 heavy (non-hydrogen) atoms. The van der Waals surface area contributed by atoms with E-state index < -0.39 is 5.97 Å². The van der Waals surface area contributed by atoms with Crippen molar-refractivity contribution in [3.05, 3.63) is 35.3 Å². The fraction of sp³-hybridized carbons (Fsp3) is 0.429. The second kappa shape index (κ2) is 4.12. The number of carboxylic acid groups (broad SMARTS) is 1. The SMILES string of the molecule is Cc1cccc2nc(C3CCCC3)c(C(=O)O)n12. The Morgan fingerprint density at radius 2 is 2.11 bits per heavy atom. The molecule has 94 valence electrons. The first-order valence-corrected chi connectivity index (χ1v) is 6.39. The van der Waals surface area contributed by atoms with Gasteiger partial charge in [-0.3, -0.25) is 4.40 Å². The smallest absolute Gasteiger partial charge is 0.354 e. The maximum atomic E-state index is 11.5. The number of imidazole rings is 1. The van der Waals surface area contributed by atoms with Crippen molar-refractivity contribution in [2.75, 3.05) is 0 Å². The molecule has 4 heteroatoms. The molecule has 1 saturated carbocycles. The van der Waals surface area contributed by atoms with Crippen molar-refractivity contribution < 1.29 is 9.90 Å². The predicted molar refractivity (Wildman–Crippen MR) is 68.1 cm³/mol. The third-order valence-electron chi connectivity index (χ3n) is 3.81. The molecule has 0 radical (unpaired) electrons. The third-order valence-corrected chi connectivity index (χ3v) is 3.81. The van der Waals surface area contributed by atoms with Crippen LogP contribution in [0.15, 0.2) is 18.2 Å². The van der Waals surface area contributed by atoms with Gasteiger partial charge in [-0.25, -0.2) is 9.78 Å². The van der Waals surface area contributed by atoms with Crippen LogP contribution in [0, 0.1) is 6.92 Å². The highest BCUT2D eigenvalue weighted by molar-refractivity contribution is 5.88. The first-order chi connectivity index (χ1) is 8.68. The van der Waals surface area contributed by atoms with Gasteiger partial charge in [0.2, 0.25) is 0 Å². The highest BCUT2D eigenvalue weighted by atomic mass is 16.4. The summed E-state index contributed by atoms with van der Waals surface area (Å²) in [4.78, 5) is 16.1. The maximum absolute atomic E-state index is 11.5. The normalized spacial score (nSPS) is 16.5. The molecule has 0 amide bonds. The second-order valence-electron chi connectivity index (χ2n) is 4.99. The summed E-state index contributed by atoms with van der Waals surface area (Å²) >= 11 is 0. The lowest BCUT2D eigenvalue weighted by Crippen LogP contribution is -2.09. The van der Waals surface area contributed by atoms with Crippen molar-refractivity contribution >= 4 is 11.6 Å². The zero-order valence-electron chi connectivity index (χ0n) is 10.4. The molecule has 1 aliphatic carbocycles. The summed E-state index contributed by atoms with van der Waals surface area (Å²) in [6.45, 7) is 1.92. The maximum Gasteiger partial charge on any atom is 0.354 e. The molecule has 0 bridgehead atoms. The van der Waals surface area contributed by atoms with Crippen molar-refractivity contribution in [3.63, 3.8) is 0 Å². The van der Waals surface area contributed by atoms with Gasteiger partial charge in [0.05, 0.1) is 5.69 Å². The fourth-order valence-electron chi connectivity index (χ4n) is 2.96. The molecule has 2 heterocycles. The second-order valence-corrected chi connectivity index (χ2v) is 4.99. The van der Waals surface area contributed by atoms with Crippen LogP contribution in [0.25, 0.3) is 5.65 Å². The summed E-state index contributed by atoms with van der Waals surface area (Å²) in [5.74, 6) is -0.561. The molecule has 0 unspecified atom stereocenters. The summed E-state index contributed by atoms with van der Waals surface area (Å²) in [7, 11) is 0. The number of carbonyl (C=O) groups is 1. The summed E-state index contributed by atoms with van der Waals surface area (Å²) in [6, 6.07) is 5.71. The van der Waals surface area contributed by atoms with Crippen LogP contribution in [0.3, 0.4) is 0 Å². The molecule has 0 aliphatic heterocycles. The number of rotatable bonds is 2. The summed E-state index contributed by atoms with van der Waals surface area (Å²) in [5.41, 5.74) is 2.79. The molecule has 0 saturated heterocycles. The number of nitrogens with zero attached hydrogens (tertiary/aromatic N) is 2. The van der Waals surface area contributed by atoms with Crippen molar-refractivity contribution in [1.82, 2.24) is 9.38 Å². The van der Waals surface area contributed by atoms with Crippen molar-refractivity contribution in [2.24, 2.45) is 0 Å². The van der Waals surface area contributed by atoms with Gasteiger partial charge in [-0.15, -0.1) is 0 Å². The number of aromatic nitrogens is 2. The van der Waals surface area contributed by atoms with Crippen molar-refractivity contribution in [1.29, 1.82) is 0 Å².